The smallest absolute Gasteiger partial charge is 0.407 e. The van der Waals surface area contributed by atoms with E-state index in [1.807, 2.05) is 13.8 Å². The maximum Gasteiger partial charge on any atom is 0.407 e. The fourth-order valence-electron chi connectivity index (χ4n) is 3.57. The molecule has 11 nitrogen and oxygen atoms in total. The van der Waals surface area contributed by atoms with Gasteiger partial charge in [-0.1, -0.05) is 0 Å². The molecule has 3 aliphatic heterocycles. The molecular weight excluding hydrogens is 318 g/mol. The number of alkyl carbamates (subject to hydrolysis) is 1. The zero-order valence-corrected chi connectivity index (χ0v) is 13.6. The third kappa shape index (κ3) is 2.31. The molecule has 11 heteroatoms. The third-order valence-electron chi connectivity index (χ3n) is 4.55. The largest absolute Gasteiger partial charge is 0.446 e. The van der Waals surface area contributed by atoms with Crippen molar-refractivity contribution in [1.82, 2.24) is 16.0 Å². The first-order chi connectivity index (χ1) is 11.2. The van der Waals surface area contributed by atoms with Gasteiger partial charge in [0.2, 0.25) is 11.4 Å². The maximum atomic E-state index is 11.7. The molecule has 3 heterocycles. The molecule has 134 valence electrons. The molecule has 0 radical (unpaired) electrons. The number of carbonyl (C=O) groups is 1. The molecule has 0 unspecified atom stereocenters. The van der Waals surface area contributed by atoms with Crippen molar-refractivity contribution in [2.45, 2.75) is 49.8 Å². The highest BCUT2D eigenvalue weighted by Gasteiger charge is 2.71. The van der Waals surface area contributed by atoms with Crippen LogP contribution in [0.4, 0.5) is 4.79 Å². The number of aliphatic imine (C=N–C) groups is 1. The van der Waals surface area contributed by atoms with Gasteiger partial charge in [0.25, 0.3) is 0 Å². The van der Waals surface area contributed by atoms with E-state index in [-0.39, 0.29) is 31.0 Å². The number of amides is 1. The molecule has 3 atom stereocenters. The molecule has 0 aromatic heterocycles. The lowest BCUT2D eigenvalue weighted by molar-refractivity contribution is -0.623. The number of rotatable bonds is 3. The van der Waals surface area contributed by atoms with Gasteiger partial charge in [-0.2, -0.15) is 0 Å². The van der Waals surface area contributed by atoms with Gasteiger partial charge in [-0.15, -0.1) is 0 Å². The Labute approximate surface area is 138 Å². The second-order valence-corrected chi connectivity index (χ2v) is 6.60. The van der Waals surface area contributed by atoms with Crippen LogP contribution in [-0.2, 0) is 4.74 Å². The predicted molar refractivity (Wildman–Crippen MR) is 83.9 cm³/mol. The quantitative estimate of drug-likeness (QED) is 0.204. The van der Waals surface area contributed by atoms with E-state index in [2.05, 4.69) is 20.9 Å². The minimum atomic E-state index is -2.09. The van der Waals surface area contributed by atoms with Crippen LogP contribution in [0.25, 0.3) is 0 Å². The molecule has 9 N–H and O–H groups in total. The standard InChI is InChI=1S/C13H23N7O4/c1-6(2)16-11(21)24-5-7-8-13(19-9(14)18-8)12(22,23)3-4-20(13)10(15)17-7/h6-8,22-23H,3-5H2,1-2H3,(H6,14,15,16,17,18,19,21)/p+1/t7-,8-,13-/m0/s1. The fourth-order valence-corrected chi connectivity index (χ4v) is 3.57. The lowest BCUT2D eigenvalue weighted by Gasteiger charge is -2.42. The van der Waals surface area contributed by atoms with Crippen LogP contribution in [0.3, 0.4) is 0 Å². The van der Waals surface area contributed by atoms with E-state index in [1.54, 1.807) is 4.58 Å². The van der Waals surface area contributed by atoms with Crippen LogP contribution in [0.1, 0.15) is 20.3 Å². The van der Waals surface area contributed by atoms with Crippen molar-refractivity contribution in [3.05, 3.63) is 0 Å². The molecule has 3 rings (SSSR count). The van der Waals surface area contributed by atoms with Gasteiger partial charge >= 0.3 is 12.1 Å². The fraction of sp³-hybridized carbons (Fsp3) is 0.769. The molecule has 0 aromatic carbocycles. The van der Waals surface area contributed by atoms with Crippen molar-refractivity contribution < 1.29 is 24.3 Å². The average Bonchev–Trinajstić information content (AvgIpc) is 2.94. The summed E-state index contributed by atoms with van der Waals surface area (Å²) in [7, 11) is 0. The van der Waals surface area contributed by atoms with Crippen molar-refractivity contribution >= 4 is 18.0 Å². The van der Waals surface area contributed by atoms with Crippen LogP contribution in [0, 0.1) is 0 Å². The van der Waals surface area contributed by atoms with Gasteiger partial charge < -0.3 is 31.3 Å². The highest BCUT2D eigenvalue weighted by Crippen LogP contribution is 2.40. The summed E-state index contributed by atoms with van der Waals surface area (Å²) in [5.74, 6) is -1.77. The molecule has 0 bridgehead atoms. The number of nitrogens with zero attached hydrogens (tertiary/aromatic N) is 2. The average molecular weight is 342 g/mol. The summed E-state index contributed by atoms with van der Waals surface area (Å²) in [6.07, 6.45) is -0.501. The van der Waals surface area contributed by atoms with E-state index in [1.165, 1.54) is 0 Å². The highest BCUT2D eigenvalue weighted by atomic mass is 16.5. The molecule has 3 aliphatic rings. The van der Waals surface area contributed by atoms with Gasteiger partial charge in [-0.05, 0) is 13.8 Å². The van der Waals surface area contributed by atoms with Gasteiger partial charge in [0.1, 0.15) is 12.6 Å². The number of nitrogens with one attached hydrogen (secondary N) is 3. The Kier molecular flexibility index (Phi) is 3.72. The van der Waals surface area contributed by atoms with Crippen LogP contribution in [0.2, 0.25) is 0 Å². The van der Waals surface area contributed by atoms with Crippen LogP contribution in [0.15, 0.2) is 4.99 Å². The van der Waals surface area contributed by atoms with Crippen LogP contribution < -0.4 is 27.4 Å². The van der Waals surface area contributed by atoms with Crippen LogP contribution in [0.5, 0.6) is 0 Å². The van der Waals surface area contributed by atoms with Gasteiger partial charge in [-0.25, -0.2) is 14.4 Å². The Morgan fingerprint density at radius 2 is 2.25 bits per heavy atom. The van der Waals surface area contributed by atoms with E-state index in [0.717, 1.165) is 0 Å². The van der Waals surface area contributed by atoms with Crippen molar-refractivity contribution in [1.29, 1.82) is 0 Å². The van der Waals surface area contributed by atoms with E-state index < -0.39 is 29.6 Å². The maximum absolute atomic E-state index is 11.7. The van der Waals surface area contributed by atoms with Gasteiger partial charge in [0.05, 0.1) is 6.54 Å². The monoisotopic (exact) mass is 342 g/mol. The van der Waals surface area contributed by atoms with E-state index in [0.29, 0.717) is 6.54 Å². The van der Waals surface area contributed by atoms with Gasteiger partial charge in [-0.3, -0.25) is 11.1 Å². The Morgan fingerprint density at radius 1 is 1.54 bits per heavy atom. The molecular formula is C13H24N7O4+. The summed E-state index contributed by atoms with van der Waals surface area (Å²) in [5, 5.41) is 29.5. The minimum absolute atomic E-state index is 0.0607. The summed E-state index contributed by atoms with van der Waals surface area (Å²) >= 11 is 0. The second kappa shape index (κ2) is 5.38. The van der Waals surface area contributed by atoms with Gasteiger partial charge in [0, 0.05) is 12.5 Å². The summed E-state index contributed by atoms with van der Waals surface area (Å²) < 4.78 is 6.80. The van der Waals surface area contributed by atoms with Crippen LogP contribution in [-0.4, -0.2) is 75.5 Å². The van der Waals surface area contributed by atoms with Crippen LogP contribution >= 0.6 is 0 Å². The lowest BCUT2D eigenvalue weighted by atomic mass is 9.87. The summed E-state index contributed by atoms with van der Waals surface area (Å²) in [6.45, 7) is 3.89. The zero-order valence-electron chi connectivity index (χ0n) is 13.6. The summed E-state index contributed by atoms with van der Waals surface area (Å²) in [5.41, 5.74) is 10.4. The Morgan fingerprint density at radius 3 is 2.92 bits per heavy atom. The minimum Gasteiger partial charge on any atom is -0.446 e. The molecule has 1 saturated heterocycles. The second-order valence-electron chi connectivity index (χ2n) is 6.60. The molecule has 0 aliphatic carbocycles. The topological polar surface area (TPSA) is 170 Å². The number of nitrogens with two attached hydrogens (primary N) is 2. The number of hydrogen-bond acceptors (Lipinski definition) is 9. The third-order valence-corrected chi connectivity index (χ3v) is 4.55. The highest BCUT2D eigenvalue weighted by molar-refractivity contribution is 5.83. The van der Waals surface area contributed by atoms with E-state index in [4.69, 9.17) is 16.2 Å². The number of carbonyl (C=O) groups excluding carboxylic acids is 1. The lowest BCUT2D eigenvalue weighted by Crippen LogP contribution is -2.77. The first-order valence-corrected chi connectivity index (χ1v) is 7.83. The predicted octanol–water partition coefficient (Wildman–Crippen LogP) is -3.51. The van der Waals surface area contributed by atoms with Crippen molar-refractivity contribution in [3.63, 3.8) is 0 Å². The van der Waals surface area contributed by atoms with E-state index in [9.17, 15) is 15.0 Å². The summed E-state index contributed by atoms with van der Waals surface area (Å²) in [4.78, 5) is 16.0. The first-order valence-electron chi connectivity index (χ1n) is 7.83. The molecule has 1 amide bonds. The SMILES string of the molecule is CC(C)NC(=O)OC[C@@H]1NC(N)=[N+]2CCC(O)(O)[C@@]23NC(N)=N[C@@H]13. The molecule has 0 saturated carbocycles. The molecule has 24 heavy (non-hydrogen) atoms. The van der Waals surface area contributed by atoms with Crippen molar-refractivity contribution in [2.75, 3.05) is 13.2 Å². The van der Waals surface area contributed by atoms with Crippen molar-refractivity contribution in [3.8, 4) is 0 Å². The Hall–Kier alpha value is -2.27. The molecule has 1 fully saturated rings. The Bertz CT molecular complexity index is 617. The number of aliphatic hydroxyl groups is 2. The normalized spacial score (nSPS) is 33.3. The first kappa shape index (κ1) is 16.6. The van der Waals surface area contributed by atoms with Gasteiger partial charge in [0.15, 0.2) is 12.0 Å². The number of ether oxygens (including phenoxy) is 1. The van der Waals surface area contributed by atoms with E-state index >= 15 is 0 Å². The number of hydrogen-bond donors (Lipinski definition) is 7. The number of guanidine groups is 2. The van der Waals surface area contributed by atoms with Crippen molar-refractivity contribution in [2.24, 2.45) is 16.5 Å². The summed E-state index contributed by atoms with van der Waals surface area (Å²) in [6, 6.07) is -1.33. The molecule has 1 spiro atoms. The Balaban J connectivity index is 1.85. The zero-order chi connectivity index (χ0) is 17.7. The molecule has 0 aromatic rings.